The zero-order valence-corrected chi connectivity index (χ0v) is 17.5. The van der Waals surface area contributed by atoms with E-state index >= 15 is 0 Å². The van der Waals surface area contributed by atoms with Crippen molar-refractivity contribution in [2.75, 3.05) is 23.2 Å². The van der Waals surface area contributed by atoms with Crippen LogP contribution in [0.25, 0.3) is 5.69 Å². The predicted octanol–water partition coefficient (Wildman–Crippen LogP) is 1.48. The molecule has 1 aliphatic heterocycles. The van der Waals surface area contributed by atoms with Gasteiger partial charge in [-0.25, -0.2) is 13.2 Å². The normalized spacial score (nSPS) is 13.3. The van der Waals surface area contributed by atoms with E-state index in [1.807, 2.05) is 0 Å². The van der Waals surface area contributed by atoms with Gasteiger partial charge in [0.1, 0.15) is 11.2 Å². The Labute approximate surface area is 176 Å². The van der Waals surface area contributed by atoms with Crippen molar-refractivity contribution in [3.63, 3.8) is 0 Å². The zero-order valence-electron chi connectivity index (χ0n) is 15.9. The molecule has 0 amide bonds. The number of carbonyl (C=O) groups is 2. The molecule has 0 saturated carbocycles. The number of hydrogen-bond acceptors (Lipinski definition) is 9. The molecule has 0 unspecified atom stereocenters. The van der Waals surface area contributed by atoms with Gasteiger partial charge in [-0.2, -0.15) is 4.68 Å². The fraction of sp³-hybridized carbons (Fsp3) is 0.278. The third-order valence-corrected chi connectivity index (χ3v) is 7.38. The van der Waals surface area contributed by atoms with Gasteiger partial charge >= 0.3 is 5.97 Å². The minimum absolute atomic E-state index is 0.0123. The molecule has 4 rings (SSSR count). The molecule has 0 spiro atoms. The zero-order chi connectivity index (χ0) is 21.3. The van der Waals surface area contributed by atoms with E-state index in [9.17, 15) is 18.0 Å². The highest BCUT2D eigenvalue weighted by atomic mass is 32.2. The minimum Gasteiger partial charge on any atom is -0.453 e. The Morgan fingerprint density at radius 2 is 2.07 bits per heavy atom. The van der Waals surface area contributed by atoms with Gasteiger partial charge in [0.2, 0.25) is 10.0 Å². The number of rotatable bonds is 7. The second-order valence-electron chi connectivity index (χ2n) is 6.45. The van der Waals surface area contributed by atoms with E-state index in [1.165, 1.54) is 15.3 Å². The molecular formula is C18H17N5O5S2. The first-order valence-corrected chi connectivity index (χ1v) is 11.5. The third kappa shape index (κ3) is 3.71. The molecule has 3 aromatic rings. The van der Waals surface area contributed by atoms with Gasteiger partial charge in [0, 0.05) is 12.1 Å². The number of sulfonamides is 1. The highest BCUT2D eigenvalue weighted by molar-refractivity contribution is 7.92. The second-order valence-corrected chi connectivity index (χ2v) is 9.55. The number of aromatic nitrogens is 4. The molecule has 0 radical (unpaired) electrons. The van der Waals surface area contributed by atoms with Crippen LogP contribution >= 0.6 is 11.3 Å². The molecular weight excluding hydrogens is 430 g/mol. The lowest BCUT2D eigenvalue weighted by molar-refractivity contribution is 0.0479. The summed E-state index contributed by atoms with van der Waals surface area (Å²) >= 11 is 1.16. The summed E-state index contributed by atoms with van der Waals surface area (Å²) < 4.78 is 32.2. The fourth-order valence-electron chi connectivity index (χ4n) is 3.18. The monoisotopic (exact) mass is 447 g/mol. The van der Waals surface area contributed by atoms with Gasteiger partial charge in [-0.3, -0.25) is 9.10 Å². The number of thiophene rings is 1. The first-order chi connectivity index (χ1) is 14.4. The van der Waals surface area contributed by atoms with Crippen LogP contribution in [0.2, 0.25) is 0 Å². The van der Waals surface area contributed by atoms with Gasteiger partial charge in [0.25, 0.3) is 0 Å². The molecule has 156 valence electrons. The standard InChI is InChI=1S/C18H17N5O5S2/c1-2-30(26,27)23-7-5-12-9-13(3-4-14(12)23)16(24)10-28-18(25)17-15(6-8-29-17)22-11-19-20-21-22/h3-4,6,8-9,11H,2,5,7,10H2,1H3. The first-order valence-electron chi connectivity index (χ1n) is 9.05. The van der Waals surface area contributed by atoms with Crippen LogP contribution in [-0.2, 0) is 21.2 Å². The molecule has 0 bridgehead atoms. The summed E-state index contributed by atoms with van der Waals surface area (Å²) in [5, 5.41) is 12.5. The molecule has 0 saturated heterocycles. The number of esters is 1. The van der Waals surface area contributed by atoms with Crippen LogP contribution in [0.1, 0.15) is 32.5 Å². The maximum Gasteiger partial charge on any atom is 0.351 e. The van der Waals surface area contributed by atoms with Crippen LogP contribution in [0, 0.1) is 0 Å². The number of anilines is 1. The summed E-state index contributed by atoms with van der Waals surface area (Å²) in [7, 11) is -3.35. The first kappa shape index (κ1) is 20.2. The molecule has 3 heterocycles. The summed E-state index contributed by atoms with van der Waals surface area (Å²) in [6, 6.07) is 6.51. The summed E-state index contributed by atoms with van der Waals surface area (Å²) in [6.07, 6.45) is 1.89. The molecule has 2 aromatic heterocycles. The van der Waals surface area contributed by atoms with Gasteiger partial charge in [0.15, 0.2) is 12.4 Å². The van der Waals surface area contributed by atoms with E-state index in [2.05, 4.69) is 15.5 Å². The topological polar surface area (TPSA) is 124 Å². The van der Waals surface area contributed by atoms with Crippen molar-refractivity contribution in [3.8, 4) is 5.69 Å². The summed E-state index contributed by atoms with van der Waals surface area (Å²) in [4.78, 5) is 25.2. The van der Waals surface area contributed by atoms with E-state index in [4.69, 9.17) is 4.74 Å². The Hall–Kier alpha value is -3.12. The maximum absolute atomic E-state index is 12.5. The summed E-state index contributed by atoms with van der Waals surface area (Å²) in [6.45, 7) is 1.52. The Bertz CT molecular complexity index is 1200. The maximum atomic E-state index is 12.5. The third-order valence-electron chi connectivity index (χ3n) is 4.72. The van der Waals surface area contributed by atoms with E-state index in [1.54, 1.807) is 36.6 Å². The van der Waals surface area contributed by atoms with E-state index in [0.29, 0.717) is 29.9 Å². The largest absolute Gasteiger partial charge is 0.453 e. The van der Waals surface area contributed by atoms with Crippen LogP contribution in [-0.4, -0.2) is 59.3 Å². The van der Waals surface area contributed by atoms with Crippen molar-refractivity contribution < 1.29 is 22.7 Å². The number of fused-ring (bicyclic) bond motifs is 1. The van der Waals surface area contributed by atoms with Crippen molar-refractivity contribution in [2.24, 2.45) is 0 Å². The van der Waals surface area contributed by atoms with Crippen LogP contribution in [0.3, 0.4) is 0 Å². The molecule has 1 aliphatic rings. The number of ether oxygens (including phenoxy) is 1. The Balaban J connectivity index is 1.45. The number of Topliss-reactive ketones (excluding diaryl/α,β-unsaturated/α-hetero) is 1. The predicted molar refractivity (Wildman–Crippen MR) is 109 cm³/mol. The van der Waals surface area contributed by atoms with Crippen molar-refractivity contribution in [1.82, 2.24) is 20.2 Å². The van der Waals surface area contributed by atoms with Gasteiger partial charge in [0.05, 0.1) is 17.1 Å². The number of nitrogens with zero attached hydrogens (tertiary/aromatic N) is 5. The summed E-state index contributed by atoms with van der Waals surface area (Å²) in [5.41, 5.74) is 2.21. The minimum atomic E-state index is -3.35. The molecule has 0 fully saturated rings. The summed E-state index contributed by atoms with van der Waals surface area (Å²) in [5.74, 6) is -1.01. The lowest BCUT2D eigenvalue weighted by Crippen LogP contribution is -2.30. The number of ketones is 1. The van der Waals surface area contributed by atoms with Gasteiger partial charge in [-0.05, 0) is 59.0 Å². The Morgan fingerprint density at radius 1 is 1.23 bits per heavy atom. The average molecular weight is 447 g/mol. The number of benzene rings is 1. The molecule has 30 heavy (non-hydrogen) atoms. The van der Waals surface area contributed by atoms with Crippen molar-refractivity contribution in [1.29, 1.82) is 0 Å². The van der Waals surface area contributed by atoms with Crippen molar-refractivity contribution in [3.05, 3.63) is 52.0 Å². The fourth-order valence-corrected chi connectivity index (χ4v) is 5.11. The van der Waals surface area contributed by atoms with Crippen molar-refractivity contribution >= 4 is 38.8 Å². The average Bonchev–Trinajstić information content (AvgIpc) is 3.50. The van der Waals surface area contributed by atoms with E-state index < -0.39 is 22.6 Å². The Morgan fingerprint density at radius 3 is 2.80 bits per heavy atom. The molecule has 1 aromatic carbocycles. The highest BCUT2D eigenvalue weighted by Crippen LogP contribution is 2.31. The molecule has 0 N–H and O–H groups in total. The number of hydrogen-bond donors (Lipinski definition) is 0. The van der Waals surface area contributed by atoms with Gasteiger partial charge in [-0.15, -0.1) is 16.4 Å². The number of tetrazole rings is 1. The smallest absolute Gasteiger partial charge is 0.351 e. The highest BCUT2D eigenvalue weighted by Gasteiger charge is 2.28. The molecule has 0 atom stereocenters. The van der Waals surface area contributed by atoms with Crippen LogP contribution in [0.4, 0.5) is 5.69 Å². The van der Waals surface area contributed by atoms with E-state index in [-0.39, 0.29) is 16.4 Å². The molecule has 0 aliphatic carbocycles. The number of carbonyl (C=O) groups excluding carboxylic acids is 2. The van der Waals surface area contributed by atoms with E-state index in [0.717, 1.165) is 16.9 Å². The van der Waals surface area contributed by atoms with Crippen LogP contribution < -0.4 is 4.31 Å². The Kier molecular flexibility index (Phi) is 5.35. The van der Waals surface area contributed by atoms with Crippen molar-refractivity contribution in [2.45, 2.75) is 13.3 Å². The second kappa shape index (κ2) is 7.95. The van der Waals surface area contributed by atoms with Gasteiger partial charge in [-0.1, -0.05) is 0 Å². The van der Waals surface area contributed by atoms with Gasteiger partial charge < -0.3 is 4.74 Å². The van der Waals surface area contributed by atoms with Crippen LogP contribution in [0.15, 0.2) is 36.0 Å². The molecule has 12 heteroatoms. The quantitative estimate of drug-likeness (QED) is 0.394. The molecule has 10 nitrogen and oxygen atoms in total. The lowest BCUT2D eigenvalue weighted by atomic mass is 10.1. The lowest BCUT2D eigenvalue weighted by Gasteiger charge is -2.18. The SMILES string of the molecule is CCS(=O)(=O)N1CCc2cc(C(=O)COC(=O)c3sccc3-n3cnnn3)ccc21. The van der Waals surface area contributed by atoms with Crippen LogP contribution in [0.5, 0.6) is 0 Å².